The van der Waals surface area contributed by atoms with Gasteiger partial charge in [0.15, 0.2) is 0 Å². The summed E-state index contributed by atoms with van der Waals surface area (Å²) in [4.78, 5) is 2.61. The van der Waals surface area contributed by atoms with Crippen molar-refractivity contribution in [1.82, 2.24) is 4.90 Å². The van der Waals surface area contributed by atoms with E-state index in [9.17, 15) is 0 Å². The van der Waals surface area contributed by atoms with Crippen LogP contribution in [0.1, 0.15) is 33.1 Å². The maximum Gasteiger partial charge on any atom is 0.0594 e. The highest BCUT2D eigenvalue weighted by Gasteiger charge is 2.33. The molecule has 0 saturated carbocycles. The van der Waals surface area contributed by atoms with E-state index in [1.807, 2.05) is 0 Å². The van der Waals surface area contributed by atoms with Crippen molar-refractivity contribution in [3.05, 3.63) is 11.6 Å². The molecule has 0 spiro atoms. The Labute approximate surface area is 86.9 Å². The molecule has 2 rings (SSSR count). The molecule has 0 amide bonds. The van der Waals surface area contributed by atoms with Crippen LogP contribution in [0.4, 0.5) is 0 Å². The quantitative estimate of drug-likeness (QED) is 0.595. The van der Waals surface area contributed by atoms with E-state index >= 15 is 0 Å². The van der Waals surface area contributed by atoms with Crippen LogP contribution >= 0.6 is 0 Å². The summed E-state index contributed by atoms with van der Waals surface area (Å²) < 4.78 is 5.40. The van der Waals surface area contributed by atoms with Crippen molar-refractivity contribution < 1.29 is 4.74 Å². The lowest BCUT2D eigenvalue weighted by Crippen LogP contribution is -2.52. The first-order valence-electron chi connectivity index (χ1n) is 5.69. The van der Waals surface area contributed by atoms with Gasteiger partial charge in [-0.2, -0.15) is 0 Å². The van der Waals surface area contributed by atoms with E-state index in [1.54, 1.807) is 5.57 Å². The van der Waals surface area contributed by atoms with Crippen LogP contribution in [0.3, 0.4) is 0 Å². The Balaban J connectivity index is 2.01. The zero-order valence-corrected chi connectivity index (χ0v) is 9.38. The van der Waals surface area contributed by atoms with Gasteiger partial charge in [0, 0.05) is 18.6 Å². The van der Waals surface area contributed by atoms with Crippen molar-refractivity contribution in [2.24, 2.45) is 0 Å². The average molecular weight is 195 g/mol. The summed E-state index contributed by atoms with van der Waals surface area (Å²) in [5.41, 5.74) is 1.97. The van der Waals surface area contributed by atoms with Crippen LogP contribution in [0.15, 0.2) is 11.6 Å². The predicted molar refractivity (Wildman–Crippen MR) is 58.4 cm³/mol. The summed E-state index contributed by atoms with van der Waals surface area (Å²) in [6.45, 7) is 8.71. The van der Waals surface area contributed by atoms with Crippen molar-refractivity contribution >= 4 is 0 Å². The molecule has 2 heteroatoms. The standard InChI is InChI=1S/C12H21NO/c1-11-3-5-12(2,6-4-11)13-7-9-14-10-8-13/h3H,4-10H2,1-2H3. The highest BCUT2D eigenvalue weighted by atomic mass is 16.5. The number of nitrogens with zero attached hydrogens (tertiary/aromatic N) is 1. The molecule has 0 aromatic carbocycles. The third kappa shape index (κ3) is 2.01. The van der Waals surface area contributed by atoms with Crippen LogP contribution < -0.4 is 0 Å². The Kier molecular flexibility index (Phi) is 2.93. The second kappa shape index (κ2) is 4.03. The van der Waals surface area contributed by atoms with Crippen molar-refractivity contribution in [2.45, 2.75) is 38.6 Å². The molecule has 1 atom stereocenters. The molecule has 0 aromatic rings. The van der Waals surface area contributed by atoms with Gasteiger partial charge in [-0.3, -0.25) is 4.90 Å². The lowest BCUT2D eigenvalue weighted by Gasteiger charge is -2.45. The number of hydrogen-bond donors (Lipinski definition) is 0. The first-order chi connectivity index (χ1) is 6.71. The SMILES string of the molecule is CC1=CCC(C)(N2CCOCC2)CC1. The molecular formula is C12H21NO. The molecular weight excluding hydrogens is 174 g/mol. The fourth-order valence-corrected chi connectivity index (χ4v) is 2.46. The van der Waals surface area contributed by atoms with E-state index in [1.165, 1.54) is 19.3 Å². The second-order valence-corrected chi connectivity index (χ2v) is 4.85. The molecule has 0 N–H and O–H groups in total. The van der Waals surface area contributed by atoms with Gasteiger partial charge < -0.3 is 4.74 Å². The fraction of sp³-hybridized carbons (Fsp3) is 0.833. The molecule has 2 aliphatic rings. The average Bonchev–Trinajstić information content (AvgIpc) is 2.24. The van der Waals surface area contributed by atoms with Gasteiger partial charge in [-0.15, -0.1) is 0 Å². The van der Waals surface area contributed by atoms with Gasteiger partial charge >= 0.3 is 0 Å². The molecule has 1 heterocycles. The summed E-state index contributed by atoms with van der Waals surface area (Å²) in [7, 11) is 0. The van der Waals surface area contributed by atoms with Gasteiger partial charge in [-0.05, 0) is 33.1 Å². The first kappa shape index (κ1) is 10.2. The normalized spacial score (nSPS) is 35.4. The smallest absolute Gasteiger partial charge is 0.0594 e. The van der Waals surface area contributed by atoms with Gasteiger partial charge in [-0.25, -0.2) is 0 Å². The first-order valence-corrected chi connectivity index (χ1v) is 5.69. The maximum absolute atomic E-state index is 5.40. The molecule has 2 nitrogen and oxygen atoms in total. The topological polar surface area (TPSA) is 12.5 Å². The summed E-state index contributed by atoms with van der Waals surface area (Å²) in [5.74, 6) is 0. The van der Waals surface area contributed by atoms with Crippen LogP contribution in [-0.2, 0) is 4.74 Å². The van der Waals surface area contributed by atoms with Gasteiger partial charge in [0.1, 0.15) is 0 Å². The Morgan fingerprint density at radius 2 is 2.07 bits per heavy atom. The Bertz CT molecular complexity index is 230. The minimum Gasteiger partial charge on any atom is -0.379 e. The van der Waals surface area contributed by atoms with Crippen molar-refractivity contribution in [1.29, 1.82) is 0 Å². The maximum atomic E-state index is 5.40. The van der Waals surface area contributed by atoms with Crippen LogP contribution in [-0.4, -0.2) is 36.7 Å². The van der Waals surface area contributed by atoms with E-state index in [-0.39, 0.29) is 0 Å². The van der Waals surface area contributed by atoms with Crippen molar-refractivity contribution in [2.75, 3.05) is 26.3 Å². The number of ether oxygens (including phenoxy) is 1. The molecule has 80 valence electrons. The number of allylic oxidation sites excluding steroid dienone is 1. The molecule has 1 saturated heterocycles. The number of morpholine rings is 1. The van der Waals surface area contributed by atoms with E-state index in [0.29, 0.717) is 5.54 Å². The summed E-state index contributed by atoms with van der Waals surface area (Å²) in [6.07, 6.45) is 6.22. The van der Waals surface area contributed by atoms with E-state index in [0.717, 1.165) is 26.3 Å². The fourth-order valence-electron chi connectivity index (χ4n) is 2.46. The van der Waals surface area contributed by atoms with Gasteiger partial charge in [0.2, 0.25) is 0 Å². The molecule has 1 unspecified atom stereocenters. The van der Waals surface area contributed by atoms with Gasteiger partial charge in [0.05, 0.1) is 13.2 Å². The lowest BCUT2D eigenvalue weighted by molar-refractivity contribution is -0.0199. The van der Waals surface area contributed by atoms with Crippen LogP contribution in [0.5, 0.6) is 0 Å². The van der Waals surface area contributed by atoms with Crippen LogP contribution in [0.25, 0.3) is 0 Å². The number of hydrogen-bond acceptors (Lipinski definition) is 2. The Morgan fingerprint density at radius 3 is 2.64 bits per heavy atom. The predicted octanol–water partition coefficient (Wildman–Crippen LogP) is 2.21. The lowest BCUT2D eigenvalue weighted by atomic mass is 9.83. The highest BCUT2D eigenvalue weighted by molar-refractivity contribution is 5.09. The van der Waals surface area contributed by atoms with Gasteiger partial charge in [-0.1, -0.05) is 11.6 Å². The summed E-state index contributed by atoms with van der Waals surface area (Å²) in [5, 5.41) is 0. The zero-order valence-electron chi connectivity index (χ0n) is 9.38. The Morgan fingerprint density at radius 1 is 1.36 bits per heavy atom. The molecule has 0 bridgehead atoms. The summed E-state index contributed by atoms with van der Waals surface area (Å²) in [6, 6.07) is 0. The highest BCUT2D eigenvalue weighted by Crippen LogP contribution is 2.32. The summed E-state index contributed by atoms with van der Waals surface area (Å²) >= 11 is 0. The largest absolute Gasteiger partial charge is 0.379 e. The second-order valence-electron chi connectivity index (χ2n) is 4.85. The van der Waals surface area contributed by atoms with Crippen LogP contribution in [0, 0.1) is 0 Å². The van der Waals surface area contributed by atoms with Crippen molar-refractivity contribution in [3.63, 3.8) is 0 Å². The molecule has 1 aliphatic heterocycles. The molecule has 1 fully saturated rings. The zero-order chi connectivity index (χ0) is 10.0. The molecule has 14 heavy (non-hydrogen) atoms. The third-order valence-corrected chi connectivity index (χ3v) is 3.72. The number of rotatable bonds is 1. The minimum atomic E-state index is 0.406. The van der Waals surface area contributed by atoms with Gasteiger partial charge in [0.25, 0.3) is 0 Å². The minimum absolute atomic E-state index is 0.406. The van der Waals surface area contributed by atoms with E-state index < -0.39 is 0 Å². The van der Waals surface area contributed by atoms with Crippen molar-refractivity contribution in [3.8, 4) is 0 Å². The molecule has 0 radical (unpaired) electrons. The third-order valence-electron chi connectivity index (χ3n) is 3.72. The molecule has 0 aromatic heterocycles. The molecule has 1 aliphatic carbocycles. The van der Waals surface area contributed by atoms with Crippen LogP contribution in [0.2, 0.25) is 0 Å². The van der Waals surface area contributed by atoms with E-state index in [4.69, 9.17) is 4.74 Å². The monoisotopic (exact) mass is 195 g/mol. The Hall–Kier alpha value is -0.340. The van der Waals surface area contributed by atoms with E-state index in [2.05, 4.69) is 24.8 Å².